The van der Waals surface area contributed by atoms with Crippen LogP contribution in [0.15, 0.2) is 29.3 Å². The standard InChI is InChI=1S/C11H17N5O/c1-16(2)9-5-3-8(4-6-9)7-14-11(17)15-10(12)13/h3-6H,7H2,1-2H3,(H5,12,13,14,15,17). The highest BCUT2D eigenvalue weighted by atomic mass is 16.2. The maximum atomic E-state index is 11.1. The Morgan fingerprint density at radius 3 is 2.35 bits per heavy atom. The lowest BCUT2D eigenvalue weighted by Gasteiger charge is -2.12. The predicted octanol–water partition coefficient (Wildman–Crippen LogP) is 0.236. The van der Waals surface area contributed by atoms with Crippen molar-refractivity contribution in [1.29, 1.82) is 0 Å². The monoisotopic (exact) mass is 235 g/mol. The molecular weight excluding hydrogens is 218 g/mol. The first-order valence-corrected chi connectivity index (χ1v) is 5.13. The van der Waals surface area contributed by atoms with Crippen molar-refractivity contribution in [2.24, 2.45) is 16.5 Å². The van der Waals surface area contributed by atoms with E-state index < -0.39 is 6.03 Å². The van der Waals surface area contributed by atoms with Crippen molar-refractivity contribution in [3.05, 3.63) is 29.8 Å². The smallest absolute Gasteiger partial charge is 0.344 e. The van der Waals surface area contributed by atoms with Crippen molar-refractivity contribution < 1.29 is 4.79 Å². The van der Waals surface area contributed by atoms with Crippen molar-refractivity contribution in [2.45, 2.75) is 6.54 Å². The third-order valence-corrected chi connectivity index (χ3v) is 2.13. The first-order valence-electron chi connectivity index (χ1n) is 5.13. The van der Waals surface area contributed by atoms with Crippen LogP contribution in [0.3, 0.4) is 0 Å². The fourth-order valence-corrected chi connectivity index (χ4v) is 1.25. The molecule has 2 amide bonds. The first-order chi connectivity index (χ1) is 7.99. The summed E-state index contributed by atoms with van der Waals surface area (Å²) in [6.07, 6.45) is 0. The number of urea groups is 1. The summed E-state index contributed by atoms with van der Waals surface area (Å²) in [6, 6.07) is 7.28. The number of nitrogens with zero attached hydrogens (tertiary/aromatic N) is 2. The molecule has 0 saturated heterocycles. The van der Waals surface area contributed by atoms with Gasteiger partial charge in [-0.1, -0.05) is 12.1 Å². The zero-order valence-corrected chi connectivity index (χ0v) is 9.97. The Morgan fingerprint density at radius 1 is 1.29 bits per heavy atom. The lowest BCUT2D eigenvalue weighted by molar-refractivity contribution is 0.249. The molecule has 1 aromatic rings. The lowest BCUT2D eigenvalue weighted by Crippen LogP contribution is -2.28. The topological polar surface area (TPSA) is 96.7 Å². The number of hydrogen-bond acceptors (Lipinski definition) is 2. The number of nitrogens with one attached hydrogen (secondary N) is 1. The van der Waals surface area contributed by atoms with Gasteiger partial charge in [-0.3, -0.25) is 0 Å². The number of anilines is 1. The number of guanidine groups is 1. The summed E-state index contributed by atoms with van der Waals surface area (Å²) in [5.41, 5.74) is 12.2. The van der Waals surface area contributed by atoms with Crippen LogP contribution < -0.4 is 21.7 Å². The molecule has 0 aliphatic heterocycles. The van der Waals surface area contributed by atoms with E-state index in [1.165, 1.54) is 0 Å². The van der Waals surface area contributed by atoms with Gasteiger partial charge in [-0.05, 0) is 17.7 Å². The van der Waals surface area contributed by atoms with E-state index in [0.29, 0.717) is 6.54 Å². The van der Waals surface area contributed by atoms with E-state index in [4.69, 9.17) is 11.5 Å². The summed E-state index contributed by atoms with van der Waals surface area (Å²) in [4.78, 5) is 16.5. The van der Waals surface area contributed by atoms with Crippen molar-refractivity contribution in [2.75, 3.05) is 19.0 Å². The molecule has 6 nitrogen and oxygen atoms in total. The Bertz CT molecular complexity index is 406. The Morgan fingerprint density at radius 2 is 1.88 bits per heavy atom. The number of hydrogen-bond donors (Lipinski definition) is 3. The molecule has 0 bridgehead atoms. The normalized spacial score (nSPS) is 9.53. The van der Waals surface area contributed by atoms with Crippen molar-refractivity contribution in [3.63, 3.8) is 0 Å². The SMILES string of the molecule is CN(C)c1ccc(CNC(=O)N=C(N)N)cc1. The zero-order chi connectivity index (χ0) is 12.8. The van der Waals surface area contributed by atoms with Gasteiger partial charge in [0.25, 0.3) is 0 Å². The Labute approximate surface area is 100 Å². The number of carbonyl (C=O) groups excluding carboxylic acids is 1. The Kier molecular flexibility index (Phi) is 4.33. The van der Waals surface area contributed by atoms with Gasteiger partial charge in [0.1, 0.15) is 0 Å². The summed E-state index contributed by atoms with van der Waals surface area (Å²) in [5, 5.41) is 2.58. The maximum absolute atomic E-state index is 11.1. The van der Waals surface area contributed by atoms with E-state index >= 15 is 0 Å². The second-order valence-electron chi connectivity index (χ2n) is 3.76. The molecule has 0 spiro atoms. The Balaban J connectivity index is 2.53. The van der Waals surface area contributed by atoms with E-state index in [9.17, 15) is 4.79 Å². The van der Waals surface area contributed by atoms with E-state index in [2.05, 4.69) is 10.3 Å². The fraction of sp³-hybridized carbons (Fsp3) is 0.273. The van der Waals surface area contributed by atoms with Gasteiger partial charge in [0.15, 0.2) is 5.96 Å². The highest BCUT2D eigenvalue weighted by molar-refractivity contribution is 5.90. The molecular formula is C11H17N5O. The molecule has 0 aliphatic rings. The van der Waals surface area contributed by atoms with Crippen LogP contribution in [-0.4, -0.2) is 26.1 Å². The van der Waals surface area contributed by atoms with Crippen LogP contribution >= 0.6 is 0 Å². The minimum atomic E-state index is -0.540. The van der Waals surface area contributed by atoms with Gasteiger partial charge in [-0.15, -0.1) is 0 Å². The molecule has 0 aliphatic carbocycles. The quantitative estimate of drug-likeness (QED) is 0.516. The van der Waals surface area contributed by atoms with Gasteiger partial charge in [0.2, 0.25) is 0 Å². The van der Waals surface area contributed by atoms with Crippen molar-refractivity contribution in [3.8, 4) is 0 Å². The van der Waals surface area contributed by atoms with Gasteiger partial charge in [0.05, 0.1) is 0 Å². The predicted molar refractivity (Wildman–Crippen MR) is 68.8 cm³/mol. The van der Waals surface area contributed by atoms with Crippen LogP contribution in [0.4, 0.5) is 10.5 Å². The molecule has 0 aromatic heterocycles. The average Bonchev–Trinajstić information content (AvgIpc) is 2.26. The summed E-state index contributed by atoms with van der Waals surface area (Å²) >= 11 is 0. The largest absolute Gasteiger partial charge is 0.378 e. The molecule has 0 saturated carbocycles. The molecule has 1 rings (SSSR count). The number of rotatable bonds is 3. The maximum Gasteiger partial charge on any atom is 0.344 e. The van der Waals surface area contributed by atoms with Gasteiger partial charge >= 0.3 is 6.03 Å². The summed E-state index contributed by atoms with van der Waals surface area (Å²) in [5.74, 6) is -0.245. The van der Waals surface area contributed by atoms with Crippen molar-refractivity contribution >= 4 is 17.7 Å². The minimum Gasteiger partial charge on any atom is -0.378 e. The van der Waals surface area contributed by atoms with Crippen LogP contribution in [-0.2, 0) is 6.54 Å². The molecule has 1 aromatic carbocycles. The summed E-state index contributed by atoms with van der Waals surface area (Å²) < 4.78 is 0. The second kappa shape index (κ2) is 5.74. The zero-order valence-electron chi connectivity index (χ0n) is 9.97. The number of amides is 2. The second-order valence-corrected chi connectivity index (χ2v) is 3.76. The Hall–Kier alpha value is -2.24. The van der Waals surface area contributed by atoms with Crippen LogP contribution in [0.1, 0.15) is 5.56 Å². The molecule has 17 heavy (non-hydrogen) atoms. The molecule has 0 atom stereocenters. The van der Waals surface area contributed by atoms with Gasteiger partial charge in [-0.25, -0.2) is 4.79 Å². The highest BCUT2D eigenvalue weighted by Crippen LogP contribution is 2.11. The first kappa shape index (κ1) is 12.8. The molecule has 0 fully saturated rings. The van der Waals surface area contributed by atoms with Crippen LogP contribution in [0, 0.1) is 0 Å². The highest BCUT2D eigenvalue weighted by Gasteiger charge is 2.00. The third kappa shape index (κ3) is 4.42. The van der Waals surface area contributed by atoms with Gasteiger partial charge in [-0.2, -0.15) is 4.99 Å². The van der Waals surface area contributed by atoms with Crippen LogP contribution in [0.5, 0.6) is 0 Å². The number of nitrogens with two attached hydrogens (primary N) is 2. The summed E-state index contributed by atoms with van der Waals surface area (Å²) in [7, 11) is 3.94. The molecule has 0 radical (unpaired) electrons. The number of aliphatic imine (C=N–C) groups is 1. The molecule has 0 unspecified atom stereocenters. The lowest BCUT2D eigenvalue weighted by atomic mass is 10.2. The van der Waals surface area contributed by atoms with Gasteiger partial charge in [0, 0.05) is 26.3 Å². The van der Waals surface area contributed by atoms with E-state index in [0.717, 1.165) is 11.3 Å². The van der Waals surface area contributed by atoms with Crippen LogP contribution in [0.2, 0.25) is 0 Å². The number of carbonyl (C=O) groups is 1. The molecule has 5 N–H and O–H groups in total. The van der Waals surface area contributed by atoms with E-state index in [1.54, 1.807) is 0 Å². The number of benzene rings is 1. The molecule has 92 valence electrons. The molecule has 6 heteroatoms. The minimum absolute atomic E-state index is 0.245. The summed E-state index contributed by atoms with van der Waals surface area (Å²) in [6.45, 7) is 0.392. The average molecular weight is 235 g/mol. The van der Waals surface area contributed by atoms with E-state index in [-0.39, 0.29) is 5.96 Å². The third-order valence-electron chi connectivity index (χ3n) is 2.13. The van der Waals surface area contributed by atoms with Gasteiger partial charge < -0.3 is 21.7 Å². The van der Waals surface area contributed by atoms with Crippen molar-refractivity contribution in [1.82, 2.24) is 5.32 Å². The van der Waals surface area contributed by atoms with Crippen LogP contribution in [0.25, 0.3) is 0 Å². The molecule has 0 heterocycles. The fourth-order valence-electron chi connectivity index (χ4n) is 1.25. The van der Waals surface area contributed by atoms with E-state index in [1.807, 2.05) is 43.3 Å².